The third-order valence-corrected chi connectivity index (χ3v) is 8.15. The van der Waals surface area contributed by atoms with E-state index in [1.54, 1.807) is 35.0 Å². The summed E-state index contributed by atoms with van der Waals surface area (Å²) in [4.78, 5) is 56.8. The summed E-state index contributed by atoms with van der Waals surface area (Å²) in [5.41, 5.74) is 1.99. The summed E-state index contributed by atoms with van der Waals surface area (Å²) in [5, 5.41) is 17.0. The number of aromatic nitrogens is 4. The first-order valence-electron chi connectivity index (χ1n) is 14.9. The van der Waals surface area contributed by atoms with E-state index in [0.717, 1.165) is 11.1 Å². The number of fused-ring (bicyclic) bond motifs is 3. The van der Waals surface area contributed by atoms with Gasteiger partial charge in [0.05, 0.1) is 18.7 Å². The molecule has 0 aliphatic carbocycles. The fourth-order valence-electron chi connectivity index (χ4n) is 5.61. The SMILES string of the molecule is CC(C)[C@@H]1CN(C(=O)c2ccc(Cn3cnnn3)cc2)CC(=O)NCCCc2ccc(F)c(c2)C(=O)N2CCC[C@H]2C(=O)N1. The minimum Gasteiger partial charge on any atom is -0.355 e. The topological polar surface area (TPSA) is 142 Å². The molecule has 0 saturated carbocycles. The minimum absolute atomic E-state index is 0.0586. The highest BCUT2D eigenvalue weighted by Crippen LogP contribution is 2.23. The van der Waals surface area contributed by atoms with Crippen LogP contribution in [0.15, 0.2) is 48.8 Å². The molecule has 0 unspecified atom stereocenters. The molecule has 2 N–H and O–H groups in total. The molecule has 232 valence electrons. The van der Waals surface area contributed by atoms with Gasteiger partial charge in [-0.3, -0.25) is 19.2 Å². The maximum Gasteiger partial charge on any atom is 0.257 e. The smallest absolute Gasteiger partial charge is 0.257 e. The number of carbonyl (C=O) groups is 4. The Kier molecular flexibility index (Phi) is 9.61. The van der Waals surface area contributed by atoms with Crippen molar-refractivity contribution in [3.05, 3.63) is 76.9 Å². The number of carbonyl (C=O) groups excluding carboxylic acids is 4. The van der Waals surface area contributed by atoms with Gasteiger partial charge in [0.1, 0.15) is 18.2 Å². The molecule has 3 heterocycles. The number of hydrogen-bond donors (Lipinski definition) is 2. The molecule has 2 atom stereocenters. The predicted molar refractivity (Wildman–Crippen MR) is 158 cm³/mol. The largest absolute Gasteiger partial charge is 0.355 e. The molecule has 1 fully saturated rings. The second kappa shape index (κ2) is 13.7. The fraction of sp³-hybridized carbons (Fsp3) is 0.452. The number of nitrogens with one attached hydrogen (secondary N) is 2. The second-order valence-corrected chi connectivity index (χ2v) is 11.7. The van der Waals surface area contributed by atoms with Crippen molar-refractivity contribution in [1.82, 2.24) is 40.6 Å². The quantitative estimate of drug-likeness (QED) is 0.463. The summed E-state index contributed by atoms with van der Waals surface area (Å²) in [6.07, 6.45) is 3.64. The molecule has 5 rings (SSSR count). The highest BCUT2D eigenvalue weighted by molar-refractivity contribution is 5.99. The number of nitrogens with zero attached hydrogens (tertiary/aromatic N) is 6. The Morgan fingerprint density at radius 1 is 1.09 bits per heavy atom. The van der Waals surface area contributed by atoms with Gasteiger partial charge in [0.2, 0.25) is 11.8 Å². The number of hydrogen-bond acceptors (Lipinski definition) is 7. The maximum atomic E-state index is 14.8. The van der Waals surface area contributed by atoms with Crippen molar-refractivity contribution in [2.75, 3.05) is 26.2 Å². The summed E-state index contributed by atoms with van der Waals surface area (Å²) in [5.74, 6) is -2.29. The molecule has 2 aliphatic rings. The van der Waals surface area contributed by atoms with E-state index in [2.05, 4.69) is 26.2 Å². The van der Waals surface area contributed by atoms with Gasteiger partial charge in [-0.2, -0.15) is 0 Å². The van der Waals surface area contributed by atoms with E-state index >= 15 is 0 Å². The molecule has 13 heteroatoms. The van der Waals surface area contributed by atoms with Gasteiger partial charge in [-0.05, 0) is 77.4 Å². The zero-order valence-corrected chi connectivity index (χ0v) is 24.9. The number of rotatable bonds is 4. The van der Waals surface area contributed by atoms with Crippen molar-refractivity contribution >= 4 is 23.6 Å². The van der Waals surface area contributed by atoms with Crippen LogP contribution in [0.4, 0.5) is 4.39 Å². The number of tetrazole rings is 1. The molecule has 1 aromatic heterocycles. The van der Waals surface area contributed by atoms with Gasteiger partial charge in [0.15, 0.2) is 0 Å². The summed E-state index contributed by atoms with van der Waals surface area (Å²) in [6, 6.07) is 10.2. The van der Waals surface area contributed by atoms with Crippen LogP contribution in [0.5, 0.6) is 0 Å². The lowest BCUT2D eigenvalue weighted by atomic mass is 10.0. The van der Waals surface area contributed by atoms with Gasteiger partial charge >= 0.3 is 0 Å². The summed E-state index contributed by atoms with van der Waals surface area (Å²) in [6.45, 7) is 4.85. The second-order valence-electron chi connectivity index (χ2n) is 11.7. The molecule has 0 spiro atoms. The molecule has 4 amide bonds. The summed E-state index contributed by atoms with van der Waals surface area (Å²) >= 11 is 0. The Balaban J connectivity index is 1.39. The summed E-state index contributed by atoms with van der Waals surface area (Å²) in [7, 11) is 0. The van der Waals surface area contributed by atoms with Crippen LogP contribution in [0, 0.1) is 11.7 Å². The summed E-state index contributed by atoms with van der Waals surface area (Å²) < 4.78 is 16.4. The van der Waals surface area contributed by atoms with Crippen LogP contribution in [-0.2, 0) is 22.6 Å². The number of aryl methyl sites for hydroxylation is 1. The Labute approximate surface area is 255 Å². The zero-order chi connectivity index (χ0) is 31.2. The Morgan fingerprint density at radius 3 is 2.61 bits per heavy atom. The van der Waals surface area contributed by atoms with Crippen LogP contribution in [0.2, 0.25) is 0 Å². The number of halogens is 1. The van der Waals surface area contributed by atoms with Gasteiger partial charge in [0, 0.05) is 31.2 Å². The molecular weight excluding hydrogens is 567 g/mol. The van der Waals surface area contributed by atoms with Gasteiger partial charge in [-0.1, -0.05) is 32.0 Å². The van der Waals surface area contributed by atoms with E-state index in [9.17, 15) is 23.6 Å². The predicted octanol–water partition coefficient (Wildman–Crippen LogP) is 1.81. The zero-order valence-electron chi connectivity index (χ0n) is 24.9. The van der Waals surface area contributed by atoms with E-state index in [1.807, 2.05) is 13.8 Å². The molecule has 3 aromatic rings. The molecule has 1 saturated heterocycles. The van der Waals surface area contributed by atoms with E-state index in [0.29, 0.717) is 50.9 Å². The standard InChI is InChI=1S/C31H37FN8O4/c1-20(2)26-17-38(30(43)23-10-7-22(8-11-23)16-39-19-34-36-37-39)18-28(41)33-13-3-5-21-9-12-25(32)24(15-21)31(44)40-14-4-6-27(40)29(42)35-26/h7-12,15,19-20,26-27H,3-6,13-14,16-18H2,1-2H3,(H,33,41)(H,35,42)/t26-,27-/m0/s1. The Bertz CT molecular complexity index is 1490. The fourth-order valence-corrected chi connectivity index (χ4v) is 5.61. The van der Waals surface area contributed by atoms with E-state index < -0.39 is 23.8 Å². The lowest BCUT2D eigenvalue weighted by Crippen LogP contribution is -2.54. The van der Waals surface area contributed by atoms with E-state index in [-0.39, 0.29) is 42.3 Å². The molecule has 2 aromatic carbocycles. The van der Waals surface area contributed by atoms with Gasteiger partial charge in [-0.15, -0.1) is 5.10 Å². The molecule has 0 radical (unpaired) electrons. The van der Waals surface area contributed by atoms with Gasteiger partial charge < -0.3 is 20.4 Å². The van der Waals surface area contributed by atoms with Crippen molar-refractivity contribution in [3.63, 3.8) is 0 Å². The van der Waals surface area contributed by atoms with Crippen LogP contribution in [0.1, 0.15) is 65.0 Å². The van der Waals surface area contributed by atoms with Crippen molar-refractivity contribution in [2.45, 2.75) is 58.2 Å². The average Bonchev–Trinajstić information content (AvgIpc) is 3.71. The maximum absolute atomic E-state index is 14.8. The molecule has 2 aliphatic heterocycles. The van der Waals surface area contributed by atoms with Crippen LogP contribution in [-0.4, -0.2) is 91.9 Å². The van der Waals surface area contributed by atoms with Crippen LogP contribution in [0.3, 0.4) is 0 Å². The lowest BCUT2D eigenvalue weighted by Gasteiger charge is -2.32. The van der Waals surface area contributed by atoms with Crippen molar-refractivity contribution < 1.29 is 23.6 Å². The minimum atomic E-state index is -0.761. The first-order valence-corrected chi connectivity index (χ1v) is 14.9. The van der Waals surface area contributed by atoms with Crippen molar-refractivity contribution in [1.29, 1.82) is 0 Å². The van der Waals surface area contributed by atoms with E-state index in [4.69, 9.17) is 0 Å². The van der Waals surface area contributed by atoms with Crippen molar-refractivity contribution in [2.24, 2.45) is 5.92 Å². The molecule has 44 heavy (non-hydrogen) atoms. The Hall–Kier alpha value is -4.68. The van der Waals surface area contributed by atoms with Gasteiger partial charge in [0.25, 0.3) is 11.8 Å². The average molecular weight is 605 g/mol. The first kappa shape index (κ1) is 30.8. The van der Waals surface area contributed by atoms with Gasteiger partial charge in [-0.25, -0.2) is 9.07 Å². The number of benzene rings is 2. The third-order valence-electron chi connectivity index (χ3n) is 8.15. The molecule has 12 nitrogen and oxygen atoms in total. The lowest BCUT2D eigenvalue weighted by molar-refractivity contribution is -0.126. The third kappa shape index (κ3) is 7.26. The highest BCUT2D eigenvalue weighted by Gasteiger charge is 2.37. The van der Waals surface area contributed by atoms with Crippen molar-refractivity contribution in [3.8, 4) is 0 Å². The molecule has 2 bridgehead atoms. The Morgan fingerprint density at radius 2 is 1.89 bits per heavy atom. The van der Waals surface area contributed by atoms with Crippen LogP contribution < -0.4 is 10.6 Å². The van der Waals surface area contributed by atoms with Crippen LogP contribution >= 0.6 is 0 Å². The normalized spacial score (nSPS) is 20.2. The first-order chi connectivity index (χ1) is 21.2. The van der Waals surface area contributed by atoms with Crippen LogP contribution in [0.25, 0.3) is 0 Å². The van der Waals surface area contributed by atoms with E-state index in [1.165, 1.54) is 28.3 Å². The monoisotopic (exact) mass is 604 g/mol. The number of amides is 4. The highest BCUT2D eigenvalue weighted by atomic mass is 19.1. The molecular formula is C31H37FN8O4.